The predicted octanol–water partition coefficient (Wildman–Crippen LogP) is 3.10. The number of anilines is 2. The zero-order valence-corrected chi connectivity index (χ0v) is 17.2. The van der Waals surface area contributed by atoms with Gasteiger partial charge in [-0.3, -0.25) is 19.2 Å². The van der Waals surface area contributed by atoms with Gasteiger partial charge in [0.25, 0.3) is 5.69 Å². The maximum Gasteiger partial charge on any atom is 0.271 e. The normalized spacial score (nSPS) is 11.0. The Labute approximate surface area is 169 Å². The number of carbonyl (C=O) groups is 1. The molecule has 2 aromatic rings. The Balaban J connectivity index is 2.20. The number of amides is 1. The number of rotatable bonds is 9. The average molecular weight is 421 g/mol. The molecule has 0 aliphatic carbocycles. The Bertz CT molecular complexity index is 990. The standard InChI is InChI=1S/C19H23N3O6S/c1-4-11-28-17-9-7-15(8-10-17)21(29(3,26)27)13-19(23)20-18-12-16(22(24)25)6-5-14(18)2/h5-10,12H,4,11,13H2,1-3H3,(H,20,23). The highest BCUT2D eigenvalue weighted by molar-refractivity contribution is 7.92. The molecule has 0 bridgehead atoms. The van der Waals surface area contributed by atoms with Crippen molar-refractivity contribution in [2.45, 2.75) is 20.3 Å². The van der Waals surface area contributed by atoms with E-state index in [1.807, 2.05) is 6.92 Å². The van der Waals surface area contributed by atoms with Crippen LogP contribution in [0.15, 0.2) is 42.5 Å². The molecular weight excluding hydrogens is 398 g/mol. The number of hydrogen-bond acceptors (Lipinski definition) is 6. The highest BCUT2D eigenvalue weighted by Gasteiger charge is 2.22. The number of nitrogens with zero attached hydrogens (tertiary/aromatic N) is 2. The summed E-state index contributed by atoms with van der Waals surface area (Å²) in [5.41, 5.74) is 1.00. The van der Waals surface area contributed by atoms with E-state index in [0.717, 1.165) is 17.0 Å². The molecule has 1 N–H and O–H groups in total. The molecule has 0 heterocycles. The maximum atomic E-state index is 12.5. The summed E-state index contributed by atoms with van der Waals surface area (Å²) in [4.78, 5) is 22.8. The highest BCUT2D eigenvalue weighted by Crippen LogP contribution is 2.24. The topological polar surface area (TPSA) is 119 Å². The molecule has 0 fully saturated rings. The number of benzene rings is 2. The van der Waals surface area contributed by atoms with Crippen molar-refractivity contribution < 1.29 is 22.9 Å². The van der Waals surface area contributed by atoms with E-state index in [1.165, 1.54) is 18.2 Å². The number of nitrogens with one attached hydrogen (secondary N) is 1. The predicted molar refractivity (Wildman–Crippen MR) is 111 cm³/mol. The summed E-state index contributed by atoms with van der Waals surface area (Å²) in [6.45, 7) is 3.72. The van der Waals surface area contributed by atoms with E-state index in [2.05, 4.69) is 5.32 Å². The number of aryl methyl sites for hydroxylation is 1. The number of sulfonamides is 1. The molecule has 9 nitrogen and oxygen atoms in total. The summed E-state index contributed by atoms with van der Waals surface area (Å²) >= 11 is 0. The smallest absolute Gasteiger partial charge is 0.271 e. The third kappa shape index (κ3) is 6.18. The van der Waals surface area contributed by atoms with Crippen molar-refractivity contribution in [1.29, 1.82) is 0 Å². The van der Waals surface area contributed by atoms with Gasteiger partial charge >= 0.3 is 0 Å². The molecule has 1 amide bonds. The van der Waals surface area contributed by atoms with E-state index >= 15 is 0 Å². The molecular formula is C19H23N3O6S. The number of carbonyl (C=O) groups excluding carboxylic acids is 1. The monoisotopic (exact) mass is 421 g/mol. The zero-order valence-electron chi connectivity index (χ0n) is 16.4. The first-order chi connectivity index (χ1) is 13.6. The van der Waals surface area contributed by atoms with Crippen LogP contribution in [-0.4, -0.2) is 38.7 Å². The molecule has 0 saturated heterocycles. The van der Waals surface area contributed by atoms with Gasteiger partial charge in [-0.1, -0.05) is 13.0 Å². The lowest BCUT2D eigenvalue weighted by atomic mass is 10.2. The van der Waals surface area contributed by atoms with Crippen LogP contribution in [0.4, 0.5) is 17.1 Å². The lowest BCUT2D eigenvalue weighted by molar-refractivity contribution is -0.384. The molecule has 0 unspecified atom stereocenters. The van der Waals surface area contributed by atoms with Crippen LogP contribution >= 0.6 is 0 Å². The number of nitro groups is 1. The van der Waals surface area contributed by atoms with E-state index in [0.29, 0.717) is 23.6 Å². The lowest BCUT2D eigenvalue weighted by Crippen LogP contribution is -2.37. The Morgan fingerprint density at radius 1 is 1.21 bits per heavy atom. The van der Waals surface area contributed by atoms with Gasteiger partial charge in [0.15, 0.2) is 0 Å². The summed E-state index contributed by atoms with van der Waals surface area (Å²) in [5.74, 6) is -0.0222. The molecule has 156 valence electrons. The van der Waals surface area contributed by atoms with Crippen LogP contribution in [0.5, 0.6) is 5.75 Å². The number of non-ortho nitro benzene ring substituents is 1. The van der Waals surface area contributed by atoms with E-state index in [1.54, 1.807) is 31.2 Å². The second-order valence-corrected chi connectivity index (χ2v) is 8.32. The number of hydrogen-bond donors (Lipinski definition) is 1. The van der Waals surface area contributed by atoms with Gasteiger partial charge in [-0.15, -0.1) is 0 Å². The first-order valence-electron chi connectivity index (χ1n) is 8.87. The van der Waals surface area contributed by atoms with Crippen molar-refractivity contribution in [2.75, 3.05) is 29.0 Å². The van der Waals surface area contributed by atoms with E-state index < -0.39 is 27.4 Å². The van der Waals surface area contributed by atoms with Crippen molar-refractivity contribution in [3.05, 3.63) is 58.1 Å². The van der Waals surface area contributed by atoms with Crippen molar-refractivity contribution in [3.8, 4) is 5.75 Å². The van der Waals surface area contributed by atoms with E-state index in [9.17, 15) is 23.3 Å². The zero-order chi connectivity index (χ0) is 21.6. The van der Waals surface area contributed by atoms with Crippen molar-refractivity contribution in [3.63, 3.8) is 0 Å². The fourth-order valence-corrected chi connectivity index (χ4v) is 3.36. The second kappa shape index (κ2) is 9.37. The molecule has 2 aromatic carbocycles. The van der Waals surface area contributed by atoms with Crippen LogP contribution in [-0.2, 0) is 14.8 Å². The second-order valence-electron chi connectivity index (χ2n) is 6.42. The molecule has 0 radical (unpaired) electrons. The highest BCUT2D eigenvalue weighted by atomic mass is 32.2. The summed E-state index contributed by atoms with van der Waals surface area (Å²) in [5, 5.41) is 13.5. The van der Waals surface area contributed by atoms with Crippen LogP contribution in [0.25, 0.3) is 0 Å². The number of ether oxygens (including phenoxy) is 1. The fourth-order valence-electron chi connectivity index (χ4n) is 2.51. The average Bonchev–Trinajstić information content (AvgIpc) is 2.65. The summed E-state index contributed by atoms with van der Waals surface area (Å²) in [7, 11) is -3.74. The third-order valence-corrected chi connectivity index (χ3v) is 5.13. The summed E-state index contributed by atoms with van der Waals surface area (Å²) in [6.07, 6.45) is 1.84. The van der Waals surface area contributed by atoms with E-state index in [4.69, 9.17) is 4.74 Å². The van der Waals surface area contributed by atoms with E-state index in [-0.39, 0.29) is 11.4 Å². The first kappa shape index (κ1) is 22.2. The van der Waals surface area contributed by atoms with Gasteiger partial charge < -0.3 is 10.1 Å². The van der Waals surface area contributed by atoms with Crippen LogP contribution in [0.2, 0.25) is 0 Å². The summed E-state index contributed by atoms with van der Waals surface area (Å²) < 4.78 is 30.9. The largest absolute Gasteiger partial charge is 0.494 e. The third-order valence-electron chi connectivity index (χ3n) is 3.99. The Morgan fingerprint density at radius 2 is 1.86 bits per heavy atom. The van der Waals surface area contributed by atoms with Crippen LogP contribution < -0.4 is 14.4 Å². The van der Waals surface area contributed by atoms with Crippen LogP contribution in [0.1, 0.15) is 18.9 Å². The van der Waals surface area contributed by atoms with Gasteiger partial charge in [0.05, 0.1) is 29.2 Å². The van der Waals surface area contributed by atoms with Gasteiger partial charge in [-0.2, -0.15) is 0 Å². The fraction of sp³-hybridized carbons (Fsp3) is 0.316. The van der Waals surface area contributed by atoms with Gasteiger partial charge in [-0.25, -0.2) is 8.42 Å². The Morgan fingerprint density at radius 3 is 2.41 bits per heavy atom. The molecule has 2 rings (SSSR count). The van der Waals surface area contributed by atoms with Gasteiger partial charge in [0.2, 0.25) is 15.9 Å². The minimum atomic E-state index is -3.74. The maximum absolute atomic E-state index is 12.5. The van der Waals surface area contributed by atoms with Crippen molar-refractivity contribution in [2.24, 2.45) is 0 Å². The molecule has 0 atom stereocenters. The molecule has 0 spiro atoms. The molecule has 0 aliphatic heterocycles. The van der Waals surface area contributed by atoms with Gasteiger partial charge in [0, 0.05) is 12.1 Å². The van der Waals surface area contributed by atoms with Gasteiger partial charge in [0.1, 0.15) is 12.3 Å². The molecule has 0 aliphatic rings. The first-order valence-corrected chi connectivity index (χ1v) is 10.7. The van der Waals surface area contributed by atoms with Crippen molar-refractivity contribution >= 4 is 33.0 Å². The van der Waals surface area contributed by atoms with Gasteiger partial charge in [-0.05, 0) is 43.2 Å². The number of nitro benzene ring substituents is 1. The Hall–Kier alpha value is -3.14. The molecule has 0 saturated carbocycles. The van der Waals surface area contributed by atoms with Crippen molar-refractivity contribution in [1.82, 2.24) is 0 Å². The SMILES string of the molecule is CCCOc1ccc(N(CC(=O)Nc2cc([N+](=O)[O-])ccc2C)S(C)(=O)=O)cc1. The van der Waals surface area contributed by atoms with Crippen LogP contribution in [0.3, 0.4) is 0 Å². The molecule has 10 heteroatoms. The quantitative estimate of drug-likeness (QED) is 0.491. The minimum Gasteiger partial charge on any atom is -0.494 e. The minimum absolute atomic E-state index is 0.173. The lowest BCUT2D eigenvalue weighted by Gasteiger charge is -2.22. The van der Waals surface area contributed by atoms with Crippen LogP contribution in [0, 0.1) is 17.0 Å². The summed E-state index contributed by atoms with van der Waals surface area (Å²) in [6, 6.07) is 10.4. The molecule has 0 aromatic heterocycles. The Kier molecular flexibility index (Phi) is 7.16. The molecule has 29 heavy (non-hydrogen) atoms.